The lowest BCUT2D eigenvalue weighted by molar-refractivity contribution is -0.132. The Kier molecular flexibility index (Phi) is 6.06. The maximum Gasteiger partial charge on any atom is 0.314 e. The number of anilines is 2. The Bertz CT molecular complexity index is 746. The second kappa shape index (κ2) is 8.04. The van der Waals surface area contributed by atoms with Gasteiger partial charge in [0.25, 0.3) is 0 Å². The van der Waals surface area contributed by atoms with Crippen molar-refractivity contribution in [2.24, 2.45) is 0 Å². The average molecular weight is 367 g/mol. The minimum atomic E-state index is -0.832. The van der Waals surface area contributed by atoms with Crippen molar-refractivity contribution in [2.45, 2.75) is 20.0 Å². The molecular weight excluding hydrogens is 351 g/mol. The molecule has 0 saturated carbocycles. The standard InChI is InChI=1S/C17H16Cl2N2O3/c1-10(2)24-13-6-4-12(5-7-13)20-16(22)17(23)21-15-8-3-11(18)9-14(15)19/h3-10H,1-2H3,(H,20,22)(H,21,23). The fourth-order valence-corrected chi connectivity index (χ4v) is 2.30. The van der Waals surface area contributed by atoms with E-state index in [-0.39, 0.29) is 11.1 Å². The van der Waals surface area contributed by atoms with Crippen LogP contribution in [0.3, 0.4) is 0 Å². The molecule has 0 radical (unpaired) electrons. The maximum absolute atomic E-state index is 11.9. The fourth-order valence-electron chi connectivity index (χ4n) is 1.85. The number of carbonyl (C=O) groups is 2. The highest BCUT2D eigenvalue weighted by Crippen LogP contribution is 2.25. The minimum absolute atomic E-state index is 0.0559. The number of amides is 2. The van der Waals surface area contributed by atoms with Crippen molar-refractivity contribution >= 4 is 46.4 Å². The summed E-state index contributed by atoms with van der Waals surface area (Å²) in [5.74, 6) is -0.958. The fraction of sp³-hybridized carbons (Fsp3) is 0.176. The van der Waals surface area contributed by atoms with Gasteiger partial charge in [-0.1, -0.05) is 23.2 Å². The topological polar surface area (TPSA) is 67.4 Å². The quantitative estimate of drug-likeness (QED) is 0.790. The first kappa shape index (κ1) is 18.1. The van der Waals surface area contributed by atoms with E-state index in [0.717, 1.165) is 0 Å². The number of hydrogen-bond donors (Lipinski definition) is 2. The van der Waals surface area contributed by atoms with E-state index in [4.69, 9.17) is 27.9 Å². The second-order valence-corrected chi connectivity index (χ2v) is 6.07. The van der Waals surface area contributed by atoms with Crippen molar-refractivity contribution in [3.05, 3.63) is 52.5 Å². The number of rotatable bonds is 4. The van der Waals surface area contributed by atoms with Gasteiger partial charge in [-0.05, 0) is 56.3 Å². The highest BCUT2D eigenvalue weighted by atomic mass is 35.5. The van der Waals surface area contributed by atoms with Crippen LogP contribution in [0.25, 0.3) is 0 Å². The van der Waals surface area contributed by atoms with Gasteiger partial charge >= 0.3 is 11.8 Å². The van der Waals surface area contributed by atoms with Crippen LogP contribution in [-0.4, -0.2) is 17.9 Å². The molecule has 5 nitrogen and oxygen atoms in total. The summed E-state index contributed by atoms with van der Waals surface area (Å²) in [5.41, 5.74) is 0.787. The van der Waals surface area contributed by atoms with Gasteiger partial charge in [-0.2, -0.15) is 0 Å². The van der Waals surface area contributed by atoms with E-state index in [9.17, 15) is 9.59 Å². The van der Waals surface area contributed by atoms with Gasteiger partial charge in [0.15, 0.2) is 0 Å². The molecular formula is C17H16Cl2N2O3. The summed E-state index contributed by atoms with van der Waals surface area (Å²) < 4.78 is 5.51. The first-order valence-electron chi connectivity index (χ1n) is 7.19. The molecule has 24 heavy (non-hydrogen) atoms. The van der Waals surface area contributed by atoms with Gasteiger partial charge in [0.05, 0.1) is 16.8 Å². The van der Waals surface area contributed by atoms with E-state index < -0.39 is 11.8 Å². The molecule has 7 heteroatoms. The van der Waals surface area contributed by atoms with Crippen LogP contribution in [0.2, 0.25) is 10.0 Å². The molecule has 0 bridgehead atoms. The van der Waals surface area contributed by atoms with E-state index in [1.807, 2.05) is 13.8 Å². The van der Waals surface area contributed by atoms with Crippen LogP contribution >= 0.6 is 23.2 Å². The van der Waals surface area contributed by atoms with Crippen molar-refractivity contribution in [2.75, 3.05) is 10.6 Å². The van der Waals surface area contributed by atoms with Crippen molar-refractivity contribution in [3.8, 4) is 5.75 Å². The minimum Gasteiger partial charge on any atom is -0.491 e. The number of halogens is 2. The van der Waals surface area contributed by atoms with Crippen LogP contribution in [0.15, 0.2) is 42.5 Å². The Balaban J connectivity index is 1.97. The molecule has 2 amide bonds. The predicted octanol–water partition coefficient (Wildman–Crippen LogP) is 4.36. The average Bonchev–Trinajstić information content (AvgIpc) is 2.51. The molecule has 0 heterocycles. The van der Waals surface area contributed by atoms with Gasteiger partial charge in [-0.3, -0.25) is 9.59 Å². The number of hydrogen-bond acceptors (Lipinski definition) is 3. The van der Waals surface area contributed by atoms with Gasteiger partial charge in [-0.15, -0.1) is 0 Å². The van der Waals surface area contributed by atoms with Crippen LogP contribution in [0, 0.1) is 0 Å². The SMILES string of the molecule is CC(C)Oc1ccc(NC(=O)C(=O)Nc2ccc(Cl)cc2Cl)cc1. The number of carbonyl (C=O) groups excluding carboxylic acids is 2. The lowest BCUT2D eigenvalue weighted by Gasteiger charge is -2.11. The molecule has 2 aromatic rings. The van der Waals surface area contributed by atoms with Crippen LogP contribution < -0.4 is 15.4 Å². The van der Waals surface area contributed by atoms with Crippen LogP contribution in [0.5, 0.6) is 5.75 Å². The largest absolute Gasteiger partial charge is 0.491 e. The van der Waals surface area contributed by atoms with Crippen LogP contribution in [-0.2, 0) is 9.59 Å². The Hall–Kier alpha value is -2.24. The van der Waals surface area contributed by atoms with E-state index >= 15 is 0 Å². The lowest BCUT2D eigenvalue weighted by Crippen LogP contribution is -2.29. The normalized spacial score (nSPS) is 10.4. The van der Waals surface area contributed by atoms with E-state index in [0.29, 0.717) is 22.1 Å². The molecule has 2 rings (SSSR count). The van der Waals surface area contributed by atoms with Crippen LogP contribution in [0.4, 0.5) is 11.4 Å². The molecule has 0 aliphatic rings. The molecule has 126 valence electrons. The summed E-state index contributed by atoms with van der Waals surface area (Å²) in [6.07, 6.45) is 0.0559. The van der Waals surface area contributed by atoms with Gasteiger partial charge in [0.2, 0.25) is 0 Å². The van der Waals surface area contributed by atoms with E-state index in [2.05, 4.69) is 10.6 Å². The Labute approximate surface area is 149 Å². The molecule has 0 aliphatic carbocycles. The lowest BCUT2D eigenvalue weighted by atomic mass is 10.3. The third-order valence-corrected chi connectivity index (χ3v) is 3.42. The molecule has 0 atom stereocenters. The summed E-state index contributed by atoms with van der Waals surface area (Å²) in [6, 6.07) is 11.3. The Morgan fingerprint density at radius 2 is 1.58 bits per heavy atom. The van der Waals surface area contributed by atoms with Gasteiger partial charge < -0.3 is 15.4 Å². The second-order valence-electron chi connectivity index (χ2n) is 5.22. The van der Waals surface area contributed by atoms with E-state index in [1.165, 1.54) is 12.1 Å². The van der Waals surface area contributed by atoms with Gasteiger partial charge in [0, 0.05) is 10.7 Å². The zero-order chi connectivity index (χ0) is 17.7. The molecule has 0 aromatic heterocycles. The third kappa shape index (κ3) is 5.15. The van der Waals surface area contributed by atoms with Crippen molar-refractivity contribution in [3.63, 3.8) is 0 Å². The highest BCUT2D eigenvalue weighted by molar-refractivity contribution is 6.45. The summed E-state index contributed by atoms with van der Waals surface area (Å²) in [7, 11) is 0. The summed E-state index contributed by atoms with van der Waals surface area (Å²) >= 11 is 11.7. The molecule has 0 aliphatic heterocycles. The van der Waals surface area contributed by atoms with Crippen molar-refractivity contribution in [1.29, 1.82) is 0 Å². The Morgan fingerprint density at radius 3 is 2.17 bits per heavy atom. The molecule has 2 aromatic carbocycles. The van der Waals surface area contributed by atoms with Crippen molar-refractivity contribution in [1.82, 2.24) is 0 Å². The van der Waals surface area contributed by atoms with E-state index in [1.54, 1.807) is 30.3 Å². The molecule has 0 unspecified atom stereocenters. The maximum atomic E-state index is 11.9. The smallest absolute Gasteiger partial charge is 0.314 e. The molecule has 0 spiro atoms. The van der Waals surface area contributed by atoms with Gasteiger partial charge in [-0.25, -0.2) is 0 Å². The zero-order valence-electron chi connectivity index (χ0n) is 13.1. The number of ether oxygens (including phenoxy) is 1. The first-order chi connectivity index (χ1) is 11.3. The monoisotopic (exact) mass is 366 g/mol. The summed E-state index contributed by atoms with van der Waals surface area (Å²) in [4.78, 5) is 23.9. The third-order valence-electron chi connectivity index (χ3n) is 2.87. The zero-order valence-corrected chi connectivity index (χ0v) is 14.6. The molecule has 0 fully saturated rings. The molecule has 0 saturated heterocycles. The summed E-state index contributed by atoms with van der Waals surface area (Å²) in [6.45, 7) is 3.84. The Morgan fingerprint density at radius 1 is 0.958 bits per heavy atom. The number of nitrogens with one attached hydrogen (secondary N) is 2. The van der Waals surface area contributed by atoms with Crippen LogP contribution in [0.1, 0.15) is 13.8 Å². The molecule has 2 N–H and O–H groups in total. The van der Waals surface area contributed by atoms with Gasteiger partial charge in [0.1, 0.15) is 5.75 Å². The predicted molar refractivity (Wildman–Crippen MR) is 95.9 cm³/mol. The van der Waals surface area contributed by atoms with Crippen molar-refractivity contribution < 1.29 is 14.3 Å². The summed E-state index contributed by atoms with van der Waals surface area (Å²) in [5, 5.41) is 5.61. The number of benzene rings is 2. The highest BCUT2D eigenvalue weighted by Gasteiger charge is 2.15. The first-order valence-corrected chi connectivity index (χ1v) is 7.95.